The third kappa shape index (κ3) is 5.19. The predicted octanol–water partition coefficient (Wildman–Crippen LogP) is 1.67. The van der Waals surface area contributed by atoms with Crippen molar-refractivity contribution >= 4 is 29.4 Å². The number of benzene rings is 2. The fourth-order valence-corrected chi connectivity index (χ4v) is 2.90. The van der Waals surface area contributed by atoms with Gasteiger partial charge in [0.15, 0.2) is 6.61 Å². The molecule has 1 aliphatic heterocycles. The first kappa shape index (κ1) is 20.1. The number of hydrogen-bond acceptors (Lipinski definition) is 5. The third-order valence-electron chi connectivity index (χ3n) is 4.50. The third-order valence-corrected chi connectivity index (χ3v) is 4.50. The Morgan fingerprint density at radius 1 is 1.07 bits per heavy atom. The van der Waals surface area contributed by atoms with Crippen molar-refractivity contribution in [2.45, 2.75) is 13.3 Å². The van der Waals surface area contributed by atoms with Crippen LogP contribution in [0.15, 0.2) is 54.6 Å². The van der Waals surface area contributed by atoms with Gasteiger partial charge >= 0.3 is 5.97 Å². The summed E-state index contributed by atoms with van der Waals surface area (Å²) >= 11 is 0. The molecular formula is C21H21N3O5. The molecule has 150 valence electrons. The minimum atomic E-state index is -0.746. The van der Waals surface area contributed by atoms with Gasteiger partial charge in [-0.05, 0) is 30.7 Å². The van der Waals surface area contributed by atoms with Crippen LogP contribution in [0, 0.1) is 12.8 Å². The van der Waals surface area contributed by atoms with Gasteiger partial charge in [0.1, 0.15) is 0 Å². The Morgan fingerprint density at radius 3 is 2.48 bits per heavy atom. The summed E-state index contributed by atoms with van der Waals surface area (Å²) in [5, 5.41) is 3.77. The van der Waals surface area contributed by atoms with Crippen LogP contribution in [-0.2, 0) is 19.1 Å². The van der Waals surface area contributed by atoms with Crippen molar-refractivity contribution in [3.63, 3.8) is 0 Å². The molecule has 0 aromatic heterocycles. The number of para-hydroxylation sites is 1. The van der Waals surface area contributed by atoms with E-state index in [4.69, 9.17) is 4.74 Å². The number of hydrazine groups is 1. The van der Waals surface area contributed by atoms with E-state index in [1.165, 1.54) is 0 Å². The number of hydrogen-bond donors (Lipinski definition) is 2. The molecule has 8 nitrogen and oxygen atoms in total. The fraction of sp³-hybridized carbons (Fsp3) is 0.238. The first-order valence-electron chi connectivity index (χ1n) is 9.12. The van der Waals surface area contributed by atoms with Crippen LogP contribution in [0.5, 0.6) is 0 Å². The van der Waals surface area contributed by atoms with E-state index in [2.05, 4.69) is 10.7 Å². The molecular weight excluding hydrogens is 374 g/mol. The molecule has 0 saturated carbocycles. The lowest BCUT2D eigenvalue weighted by atomic mass is 10.1. The van der Waals surface area contributed by atoms with E-state index in [1.54, 1.807) is 42.5 Å². The quantitative estimate of drug-likeness (QED) is 0.724. The average molecular weight is 395 g/mol. The molecule has 0 bridgehead atoms. The number of nitrogens with zero attached hydrogens (tertiary/aromatic N) is 1. The zero-order chi connectivity index (χ0) is 20.8. The number of anilines is 1. The summed E-state index contributed by atoms with van der Waals surface area (Å²) in [4.78, 5) is 48.5. The molecule has 0 aliphatic carbocycles. The predicted molar refractivity (Wildman–Crippen MR) is 104 cm³/mol. The molecule has 2 aromatic carbocycles. The summed E-state index contributed by atoms with van der Waals surface area (Å²) in [5.74, 6) is -2.70. The van der Waals surface area contributed by atoms with Crippen LogP contribution in [0.25, 0.3) is 0 Å². The highest BCUT2D eigenvalue weighted by Crippen LogP contribution is 2.18. The number of rotatable bonds is 6. The minimum Gasteiger partial charge on any atom is -0.455 e. The van der Waals surface area contributed by atoms with E-state index in [9.17, 15) is 19.2 Å². The average Bonchev–Trinajstić information content (AvgIpc) is 3.09. The summed E-state index contributed by atoms with van der Waals surface area (Å²) in [6.07, 6.45) is -0.0900. The van der Waals surface area contributed by atoms with Crippen LogP contribution in [0.3, 0.4) is 0 Å². The largest absolute Gasteiger partial charge is 0.455 e. The first-order valence-corrected chi connectivity index (χ1v) is 9.12. The Labute approximate surface area is 167 Å². The van der Waals surface area contributed by atoms with Crippen LogP contribution in [0.4, 0.5) is 5.69 Å². The zero-order valence-corrected chi connectivity index (χ0v) is 15.9. The lowest BCUT2D eigenvalue weighted by Crippen LogP contribution is -2.43. The summed E-state index contributed by atoms with van der Waals surface area (Å²) in [6.45, 7) is 1.40. The van der Waals surface area contributed by atoms with Crippen LogP contribution in [-0.4, -0.2) is 41.9 Å². The molecule has 2 aromatic rings. The highest BCUT2D eigenvalue weighted by atomic mass is 16.5. The van der Waals surface area contributed by atoms with Crippen molar-refractivity contribution in [2.24, 2.45) is 5.92 Å². The molecule has 1 aliphatic rings. The molecule has 0 unspecified atom stereocenters. The first-order chi connectivity index (χ1) is 13.9. The Kier molecular flexibility index (Phi) is 6.23. The van der Waals surface area contributed by atoms with Crippen molar-refractivity contribution in [1.82, 2.24) is 10.4 Å². The van der Waals surface area contributed by atoms with Gasteiger partial charge in [0.25, 0.3) is 11.8 Å². The molecule has 8 heteroatoms. The molecule has 3 rings (SSSR count). The lowest BCUT2D eigenvalue weighted by molar-refractivity contribution is -0.151. The van der Waals surface area contributed by atoms with E-state index < -0.39 is 30.3 Å². The van der Waals surface area contributed by atoms with Gasteiger partial charge in [0.2, 0.25) is 5.91 Å². The molecule has 29 heavy (non-hydrogen) atoms. The van der Waals surface area contributed by atoms with Crippen LogP contribution in [0.1, 0.15) is 22.3 Å². The summed E-state index contributed by atoms with van der Waals surface area (Å²) in [7, 11) is 0. The van der Waals surface area contributed by atoms with E-state index in [-0.39, 0.29) is 18.9 Å². The minimum absolute atomic E-state index is 0.00431. The lowest BCUT2D eigenvalue weighted by Gasteiger charge is -2.17. The van der Waals surface area contributed by atoms with Crippen molar-refractivity contribution < 1.29 is 23.9 Å². The van der Waals surface area contributed by atoms with E-state index in [0.717, 1.165) is 10.6 Å². The maximum Gasteiger partial charge on any atom is 0.311 e. The SMILES string of the molecule is Cc1ccccc1NC(=O)COC(=O)[C@@H]1CC(=O)N(NC(=O)c2ccccc2)C1. The Hall–Kier alpha value is -3.68. The molecule has 3 amide bonds. The molecule has 1 atom stereocenters. The van der Waals surface area contributed by atoms with E-state index in [0.29, 0.717) is 11.3 Å². The highest BCUT2D eigenvalue weighted by molar-refractivity contribution is 5.97. The number of aryl methyl sites for hydroxylation is 1. The van der Waals surface area contributed by atoms with Gasteiger partial charge in [0, 0.05) is 17.7 Å². The number of ether oxygens (including phenoxy) is 1. The smallest absolute Gasteiger partial charge is 0.311 e. The number of amides is 3. The van der Waals surface area contributed by atoms with Gasteiger partial charge in [-0.2, -0.15) is 0 Å². The molecule has 2 N–H and O–H groups in total. The normalized spacial score (nSPS) is 15.7. The molecule has 1 saturated heterocycles. The maximum absolute atomic E-state index is 12.2. The van der Waals surface area contributed by atoms with Crippen molar-refractivity contribution in [1.29, 1.82) is 0 Å². The van der Waals surface area contributed by atoms with Crippen LogP contribution < -0.4 is 10.7 Å². The molecule has 1 heterocycles. The summed E-state index contributed by atoms with van der Waals surface area (Å²) in [5.41, 5.74) is 4.42. The van der Waals surface area contributed by atoms with Crippen LogP contribution in [0.2, 0.25) is 0 Å². The van der Waals surface area contributed by atoms with Gasteiger partial charge in [-0.3, -0.25) is 29.6 Å². The van der Waals surface area contributed by atoms with Crippen molar-refractivity contribution in [3.05, 3.63) is 65.7 Å². The molecule has 1 fully saturated rings. The van der Waals surface area contributed by atoms with Crippen molar-refractivity contribution in [2.75, 3.05) is 18.5 Å². The Bertz CT molecular complexity index is 929. The second-order valence-electron chi connectivity index (χ2n) is 6.68. The standard InChI is InChI=1S/C21H21N3O5/c1-14-7-5-6-10-17(14)22-18(25)13-29-21(28)16-11-19(26)24(12-16)23-20(27)15-8-3-2-4-9-15/h2-10,16H,11-13H2,1H3,(H,22,25)(H,23,27)/t16-/m1/s1. The highest BCUT2D eigenvalue weighted by Gasteiger charge is 2.36. The Morgan fingerprint density at radius 2 is 1.76 bits per heavy atom. The van der Waals surface area contributed by atoms with Gasteiger partial charge in [-0.25, -0.2) is 0 Å². The van der Waals surface area contributed by atoms with E-state index in [1.807, 2.05) is 19.1 Å². The van der Waals surface area contributed by atoms with Gasteiger partial charge in [-0.15, -0.1) is 0 Å². The number of esters is 1. The zero-order valence-electron chi connectivity index (χ0n) is 15.9. The van der Waals surface area contributed by atoms with Gasteiger partial charge in [0.05, 0.1) is 12.5 Å². The maximum atomic E-state index is 12.2. The number of nitrogens with one attached hydrogen (secondary N) is 2. The van der Waals surface area contributed by atoms with E-state index >= 15 is 0 Å². The van der Waals surface area contributed by atoms with Crippen molar-refractivity contribution in [3.8, 4) is 0 Å². The summed E-state index contributed by atoms with van der Waals surface area (Å²) in [6, 6.07) is 15.7. The monoisotopic (exact) mass is 395 g/mol. The fourth-order valence-electron chi connectivity index (χ4n) is 2.90. The van der Waals surface area contributed by atoms with Gasteiger partial charge in [-0.1, -0.05) is 36.4 Å². The number of carbonyl (C=O) groups is 4. The van der Waals surface area contributed by atoms with Crippen LogP contribution >= 0.6 is 0 Å². The second-order valence-corrected chi connectivity index (χ2v) is 6.68. The molecule has 0 spiro atoms. The Balaban J connectivity index is 1.48. The number of carbonyl (C=O) groups excluding carboxylic acids is 4. The summed E-state index contributed by atoms with van der Waals surface area (Å²) < 4.78 is 5.04. The molecule has 0 radical (unpaired) electrons. The van der Waals surface area contributed by atoms with Gasteiger partial charge < -0.3 is 10.1 Å². The second kappa shape index (κ2) is 9.01. The topological polar surface area (TPSA) is 105 Å².